The fourth-order valence-electron chi connectivity index (χ4n) is 2.24. The second kappa shape index (κ2) is 6.62. The maximum Gasteiger partial charge on any atom is 0.250 e. The van der Waals surface area contributed by atoms with Crippen molar-refractivity contribution in [1.82, 2.24) is 30.3 Å². The van der Waals surface area contributed by atoms with Gasteiger partial charge in [-0.1, -0.05) is 52.6 Å². The first kappa shape index (κ1) is 15.7. The molecule has 0 aliphatic heterocycles. The van der Waals surface area contributed by atoms with Crippen molar-refractivity contribution in [2.75, 3.05) is 0 Å². The van der Waals surface area contributed by atoms with Crippen LogP contribution in [0.3, 0.4) is 0 Å². The highest BCUT2D eigenvalue weighted by Gasteiger charge is 2.12. The van der Waals surface area contributed by atoms with Crippen molar-refractivity contribution in [3.8, 4) is 22.8 Å². The van der Waals surface area contributed by atoms with Crippen molar-refractivity contribution < 1.29 is 4.52 Å². The number of hydrogen-bond acceptors (Lipinski definition) is 6. The second-order valence-electron chi connectivity index (χ2n) is 5.18. The van der Waals surface area contributed by atoms with Crippen molar-refractivity contribution in [2.24, 2.45) is 0 Å². The topological polar surface area (TPSA) is 82.5 Å². The Bertz CT molecular complexity index is 947. The predicted octanol–water partition coefficient (Wildman–Crippen LogP) is 3.75. The fourth-order valence-corrected chi connectivity index (χ4v) is 2.62. The zero-order valence-corrected chi connectivity index (χ0v) is 14.2. The van der Waals surface area contributed by atoms with E-state index in [-0.39, 0.29) is 6.54 Å². The summed E-state index contributed by atoms with van der Waals surface area (Å²) in [6.07, 6.45) is 0. The normalized spacial score (nSPS) is 11.0. The molecule has 124 valence electrons. The zero-order chi connectivity index (χ0) is 17.2. The third kappa shape index (κ3) is 3.52. The van der Waals surface area contributed by atoms with Crippen molar-refractivity contribution in [2.45, 2.75) is 6.54 Å². The molecule has 0 radical (unpaired) electrons. The Morgan fingerprint density at radius 1 is 0.920 bits per heavy atom. The first-order valence-corrected chi connectivity index (χ1v) is 8.05. The molecule has 9 heteroatoms. The van der Waals surface area contributed by atoms with E-state index < -0.39 is 0 Å². The predicted molar refractivity (Wildman–Crippen MR) is 92.1 cm³/mol. The molecule has 2 heterocycles. The van der Waals surface area contributed by atoms with E-state index in [0.29, 0.717) is 27.6 Å². The summed E-state index contributed by atoms with van der Waals surface area (Å²) in [7, 11) is 0. The number of aromatic nitrogens is 6. The monoisotopic (exact) mass is 372 g/mol. The van der Waals surface area contributed by atoms with E-state index >= 15 is 0 Å². The molecular formula is C16H10Cl2N6O. The van der Waals surface area contributed by atoms with E-state index in [1.165, 1.54) is 4.80 Å². The van der Waals surface area contributed by atoms with Crippen LogP contribution in [-0.4, -0.2) is 30.3 Å². The summed E-state index contributed by atoms with van der Waals surface area (Å²) >= 11 is 12.0. The molecule has 0 N–H and O–H groups in total. The van der Waals surface area contributed by atoms with E-state index in [1.807, 2.05) is 24.3 Å². The summed E-state index contributed by atoms with van der Waals surface area (Å²) in [6, 6.07) is 14.5. The maximum atomic E-state index is 5.98. The van der Waals surface area contributed by atoms with Crippen LogP contribution in [0.15, 0.2) is 53.1 Å². The van der Waals surface area contributed by atoms with E-state index in [9.17, 15) is 0 Å². The van der Waals surface area contributed by atoms with Crippen molar-refractivity contribution in [3.63, 3.8) is 0 Å². The Morgan fingerprint density at radius 2 is 1.60 bits per heavy atom. The summed E-state index contributed by atoms with van der Waals surface area (Å²) in [5.41, 5.74) is 1.55. The van der Waals surface area contributed by atoms with Gasteiger partial charge in [0.05, 0.1) is 0 Å². The van der Waals surface area contributed by atoms with Gasteiger partial charge in [-0.05, 0) is 29.5 Å². The van der Waals surface area contributed by atoms with Gasteiger partial charge in [0.1, 0.15) is 6.54 Å². The number of tetrazole rings is 1. The molecule has 0 atom stereocenters. The van der Waals surface area contributed by atoms with Gasteiger partial charge in [-0.25, -0.2) is 0 Å². The summed E-state index contributed by atoms with van der Waals surface area (Å²) < 4.78 is 5.24. The number of halogens is 2. The lowest BCUT2D eigenvalue weighted by molar-refractivity contribution is 0.356. The van der Waals surface area contributed by atoms with Crippen LogP contribution in [0.1, 0.15) is 5.89 Å². The minimum Gasteiger partial charge on any atom is -0.337 e. The molecule has 0 unspecified atom stereocenters. The SMILES string of the molecule is Clc1cccc(-c2noc(Cn3nnc(-c4cccc(Cl)c4)n3)n2)c1. The molecule has 0 aliphatic rings. The van der Waals surface area contributed by atoms with Crippen LogP contribution in [0.25, 0.3) is 22.8 Å². The van der Waals surface area contributed by atoms with Gasteiger partial charge in [0.25, 0.3) is 5.89 Å². The Kier molecular flexibility index (Phi) is 4.17. The highest BCUT2D eigenvalue weighted by atomic mass is 35.5. The van der Waals surface area contributed by atoms with Gasteiger partial charge in [0.2, 0.25) is 11.6 Å². The molecule has 4 aromatic rings. The molecular weight excluding hydrogens is 363 g/mol. The van der Waals surface area contributed by atoms with Gasteiger partial charge in [-0.2, -0.15) is 9.78 Å². The number of nitrogens with zero attached hydrogens (tertiary/aromatic N) is 6. The van der Waals surface area contributed by atoms with Crippen LogP contribution >= 0.6 is 23.2 Å². The molecule has 0 amide bonds. The average molecular weight is 373 g/mol. The molecule has 7 nitrogen and oxygen atoms in total. The highest BCUT2D eigenvalue weighted by Crippen LogP contribution is 2.21. The highest BCUT2D eigenvalue weighted by molar-refractivity contribution is 6.31. The quantitative estimate of drug-likeness (QED) is 0.542. The second-order valence-corrected chi connectivity index (χ2v) is 6.05. The van der Waals surface area contributed by atoms with Crippen LogP contribution in [-0.2, 0) is 6.54 Å². The van der Waals surface area contributed by atoms with Crippen LogP contribution in [0.4, 0.5) is 0 Å². The van der Waals surface area contributed by atoms with Gasteiger partial charge in [0.15, 0.2) is 0 Å². The molecule has 0 spiro atoms. The Hall–Kier alpha value is -2.77. The molecule has 0 saturated carbocycles. The third-order valence-corrected chi connectivity index (χ3v) is 3.83. The minimum atomic E-state index is 0.209. The summed E-state index contributed by atoms with van der Waals surface area (Å²) in [6.45, 7) is 0.209. The lowest BCUT2D eigenvalue weighted by Crippen LogP contribution is -2.04. The Morgan fingerprint density at radius 3 is 2.28 bits per heavy atom. The molecule has 4 rings (SSSR count). The van der Waals surface area contributed by atoms with Crippen LogP contribution in [0, 0.1) is 0 Å². The number of hydrogen-bond donors (Lipinski definition) is 0. The molecule has 25 heavy (non-hydrogen) atoms. The molecule has 0 fully saturated rings. The number of benzene rings is 2. The standard InChI is InChI=1S/C16H10Cl2N6O/c17-12-5-1-3-10(7-12)15-19-14(25-22-15)9-24-21-16(20-23-24)11-4-2-6-13(18)8-11/h1-8H,9H2. The lowest BCUT2D eigenvalue weighted by atomic mass is 10.2. The molecule has 2 aromatic carbocycles. The number of rotatable bonds is 4. The zero-order valence-electron chi connectivity index (χ0n) is 12.7. The van der Waals surface area contributed by atoms with E-state index in [0.717, 1.165) is 11.1 Å². The third-order valence-electron chi connectivity index (χ3n) is 3.36. The average Bonchev–Trinajstić information content (AvgIpc) is 3.25. The van der Waals surface area contributed by atoms with Gasteiger partial charge in [-0.15, -0.1) is 10.2 Å². The summed E-state index contributed by atoms with van der Waals surface area (Å²) in [5.74, 6) is 1.29. The smallest absolute Gasteiger partial charge is 0.250 e. The Labute approximate surface area is 152 Å². The first-order chi connectivity index (χ1) is 12.2. The van der Waals surface area contributed by atoms with Crippen LogP contribution in [0.2, 0.25) is 10.0 Å². The molecule has 0 saturated heterocycles. The van der Waals surface area contributed by atoms with Crippen LogP contribution in [0.5, 0.6) is 0 Å². The van der Waals surface area contributed by atoms with Gasteiger partial charge < -0.3 is 4.52 Å². The van der Waals surface area contributed by atoms with E-state index in [1.54, 1.807) is 24.3 Å². The van der Waals surface area contributed by atoms with Crippen LogP contribution < -0.4 is 0 Å². The van der Waals surface area contributed by atoms with Crippen molar-refractivity contribution in [1.29, 1.82) is 0 Å². The lowest BCUT2D eigenvalue weighted by Gasteiger charge is -1.95. The van der Waals surface area contributed by atoms with Gasteiger partial charge >= 0.3 is 0 Å². The molecule has 0 bridgehead atoms. The Balaban J connectivity index is 1.54. The first-order valence-electron chi connectivity index (χ1n) is 7.30. The summed E-state index contributed by atoms with van der Waals surface area (Å²) in [5, 5.41) is 17.5. The molecule has 0 aliphatic carbocycles. The minimum absolute atomic E-state index is 0.209. The maximum absolute atomic E-state index is 5.98. The molecule has 2 aromatic heterocycles. The van der Waals surface area contributed by atoms with Crippen molar-refractivity contribution >= 4 is 23.2 Å². The van der Waals surface area contributed by atoms with Gasteiger partial charge in [0, 0.05) is 21.2 Å². The van der Waals surface area contributed by atoms with Crippen molar-refractivity contribution in [3.05, 3.63) is 64.5 Å². The van der Waals surface area contributed by atoms with E-state index in [4.69, 9.17) is 27.7 Å². The fraction of sp³-hybridized carbons (Fsp3) is 0.0625. The summed E-state index contributed by atoms with van der Waals surface area (Å²) in [4.78, 5) is 5.71. The van der Waals surface area contributed by atoms with E-state index in [2.05, 4.69) is 25.6 Å². The largest absolute Gasteiger partial charge is 0.337 e. The van der Waals surface area contributed by atoms with Gasteiger partial charge in [-0.3, -0.25) is 0 Å².